The van der Waals surface area contributed by atoms with Gasteiger partial charge in [-0.2, -0.15) is 0 Å². The molecule has 0 saturated carbocycles. The maximum Gasteiger partial charge on any atom is 0.236 e. The van der Waals surface area contributed by atoms with Crippen molar-refractivity contribution in [2.24, 2.45) is 4.99 Å². The minimum atomic E-state index is -0.0527. The molecule has 148 valence electrons. The van der Waals surface area contributed by atoms with Crippen LogP contribution in [0.3, 0.4) is 0 Å². The zero-order chi connectivity index (χ0) is 19.8. The quantitative estimate of drug-likeness (QED) is 0.445. The summed E-state index contributed by atoms with van der Waals surface area (Å²) in [5.74, 6) is 2.83. The monoisotopic (exact) mass is 400 g/mol. The Morgan fingerprint density at radius 3 is 2.86 bits per heavy atom. The highest BCUT2D eigenvalue weighted by Crippen LogP contribution is 2.23. The molecular weight excluding hydrogens is 376 g/mol. The Balaban J connectivity index is 1.45. The number of oxazole rings is 1. The summed E-state index contributed by atoms with van der Waals surface area (Å²) in [7, 11) is 3.36. The average Bonchev–Trinajstić information content (AvgIpc) is 3.40. The van der Waals surface area contributed by atoms with E-state index in [2.05, 4.69) is 20.6 Å². The summed E-state index contributed by atoms with van der Waals surface area (Å²) in [5, 5.41) is 8.47. The molecule has 0 amide bonds. The summed E-state index contributed by atoms with van der Waals surface area (Å²) in [6.45, 7) is 3.10. The Labute approximate surface area is 168 Å². The van der Waals surface area contributed by atoms with Gasteiger partial charge in [0.1, 0.15) is 23.9 Å². The number of hydrogen-bond acceptors (Lipinski definition) is 6. The molecule has 3 rings (SSSR count). The molecule has 7 nitrogen and oxygen atoms in total. The summed E-state index contributed by atoms with van der Waals surface area (Å²) < 4.78 is 16.6. The van der Waals surface area contributed by atoms with Crippen LogP contribution in [0.15, 0.2) is 57.5 Å². The van der Waals surface area contributed by atoms with Gasteiger partial charge in [0.25, 0.3) is 0 Å². The van der Waals surface area contributed by atoms with Crippen molar-refractivity contribution in [3.05, 3.63) is 53.7 Å². The number of aliphatic imine (C=N–C) groups is 1. The van der Waals surface area contributed by atoms with Crippen molar-refractivity contribution in [2.75, 3.05) is 20.7 Å². The van der Waals surface area contributed by atoms with Crippen molar-refractivity contribution in [2.45, 2.75) is 19.6 Å². The smallest absolute Gasteiger partial charge is 0.236 e. The highest BCUT2D eigenvalue weighted by Gasteiger charge is 2.09. The van der Waals surface area contributed by atoms with Gasteiger partial charge in [0, 0.05) is 13.1 Å². The number of thiophene rings is 1. The number of hydrogen-bond donors (Lipinski definition) is 2. The number of methoxy groups -OCH3 is 1. The molecule has 0 aliphatic heterocycles. The van der Waals surface area contributed by atoms with Crippen LogP contribution in [0, 0.1) is 0 Å². The average molecular weight is 401 g/mol. The van der Waals surface area contributed by atoms with Crippen molar-refractivity contribution < 1.29 is 13.9 Å². The maximum atomic E-state index is 5.91. The van der Waals surface area contributed by atoms with Crippen LogP contribution in [0.5, 0.6) is 11.5 Å². The zero-order valence-electron chi connectivity index (χ0n) is 16.1. The first kappa shape index (κ1) is 19.8. The molecule has 0 fully saturated rings. The third kappa shape index (κ3) is 5.50. The largest absolute Gasteiger partial charge is 0.497 e. The topological polar surface area (TPSA) is 80.9 Å². The zero-order valence-corrected chi connectivity index (χ0v) is 17.0. The fourth-order valence-electron chi connectivity index (χ4n) is 2.49. The van der Waals surface area contributed by atoms with Gasteiger partial charge in [-0.3, -0.25) is 4.99 Å². The first-order valence-electron chi connectivity index (χ1n) is 8.91. The molecule has 0 aliphatic rings. The molecule has 3 aromatic rings. The number of benzene rings is 1. The van der Waals surface area contributed by atoms with Crippen LogP contribution in [-0.4, -0.2) is 37.7 Å². The molecule has 28 heavy (non-hydrogen) atoms. The number of nitrogens with one attached hydrogen (secondary N) is 2. The summed E-state index contributed by atoms with van der Waals surface area (Å²) >= 11 is 1.60. The second kappa shape index (κ2) is 9.80. The SMILES string of the molecule is CN=C(NCc1coc(-c2cccs2)n1)NCC(C)Oc1cccc(OC)c1. The van der Waals surface area contributed by atoms with E-state index in [1.807, 2.05) is 48.7 Å². The maximum absolute atomic E-state index is 5.91. The second-order valence-electron chi connectivity index (χ2n) is 6.04. The van der Waals surface area contributed by atoms with Crippen molar-refractivity contribution in [1.29, 1.82) is 0 Å². The Bertz CT molecular complexity index is 893. The van der Waals surface area contributed by atoms with E-state index in [0.29, 0.717) is 24.9 Å². The lowest BCUT2D eigenvalue weighted by Gasteiger charge is -2.17. The Hall–Kier alpha value is -3.00. The van der Waals surface area contributed by atoms with Gasteiger partial charge in [0.2, 0.25) is 5.89 Å². The Morgan fingerprint density at radius 2 is 2.11 bits per heavy atom. The molecular formula is C20H24N4O3S. The predicted molar refractivity (Wildman–Crippen MR) is 111 cm³/mol. The molecule has 0 aliphatic carbocycles. The van der Waals surface area contributed by atoms with Gasteiger partial charge in [-0.15, -0.1) is 11.3 Å². The lowest BCUT2D eigenvalue weighted by Crippen LogP contribution is -2.41. The minimum absolute atomic E-state index is 0.0527. The number of nitrogens with zero attached hydrogens (tertiary/aromatic N) is 2. The fourth-order valence-corrected chi connectivity index (χ4v) is 3.14. The van der Waals surface area contributed by atoms with Gasteiger partial charge >= 0.3 is 0 Å². The minimum Gasteiger partial charge on any atom is -0.497 e. The Morgan fingerprint density at radius 1 is 1.25 bits per heavy atom. The Kier molecular flexibility index (Phi) is 6.91. The first-order chi connectivity index (χ1) is 13.7. The summed E-state index contributed by atoms with van der Waals surface area (Å²) in [6, 6.07) is 11.5. The van der Waals surface area contributed by atoms with Crippen LogP contribution >= 0.6 is 11.3 Å². The second-order valence-corrected chi connectivity index (χ2v) is 6.98. The molecule has 1 aromatic carbocycles. The van der Waals surface area contributed by atoms with Crippen LogP contribution in [0.4, 0.5) is 0 Å². The van der Waals surface area contributed by atoms with E-state index in [1.54, 1.807) is 31.8 Å². The van der Waals surface area contributed by atoms with Crippen molar-refractivity contribution >= 4 is 17.3 Å². The van der Waals surface area contributed by atoms with Crippen LogP contribution in [0.2, 0.25) is 0 Å². The molecule has 0 radical (unpaired) electrons. The van der Waals surface area contributed by atoms with E-state index in [0.717, 1.165) is 22.1 Å². The third-order valence-electron chi connectivity index (χ3n) is 3.88. The standard InChI is InChI=1S/C20H24N4O3S/c1-14(27-17-7-4-6-16(10-17)25-3)11-22-20(21-2)23-12-15-13-26-19(24-15)18-8-5-9-28-18/h4-10,13-14H,11-12H2,1-3H3,(H2,21,22,23). The van der Waals surface area contributed by atoms with Gasteiger partial charge < -0.3 is 24.5 Å². The number of guanidine groups is 1. The lowest BCUT2D eigenvalue weighted by molar-refractivity contribution is 0.223. The molecule has 8 heteroatoms. The lowest BCUT2D eigenvalue weighted by atomic mass is 10.3. The molecule has 2 aromatic heterocycles. The van der Waals surface area contributed by atoms with E-state index >= 15 is 0 Å². The van der Waals surface area contributed by atoms with Crippen LogP contribution in [-0.2, 0) is 6.54 Å². The molecule has 0 saturated heterocycles. The highest BCUT2D eigenvalue weighted by atomic mass is 32.1. The van der Waals surface area contributed by atoms with Crippen LogP contribution < -0.4 is 20.1 Å². The predicted octanol–water partition coefficient (Wildman–Crippen LogP) is 3.54. The molecule has 1 unspecified atom stereocenters. The van der Waals surface area contributed by atoms with Gasteiger partial charge in [0.05, 0.1) is 30.8 Å². The number of ether oxygens (including phenoxy) is 2. The summed E-state index contributed by atoms with van der Waals surface area (Å²) in [4.78, 5) is 9.73. The van der Waals surface area contributed by atoms with Crippen molar-refractivity contribution in [3.63, 3.8) is 0 Å². The van der Waals surface area contributed by atoms with E-state index in [1.165, 1.54) is 0 Å². The van der Waals surface area contributed by atoms with Crippen LogP contribution in [0.1, 0.15) is 12.6 Å². The fraction of sp³-hybridized carbons (Fsp3) is 0.300. The van der Waals surface area contributed by atoms with Crippen LogP contribution in [0.25, 0.3) is 10.8 Å². The molecule has 0 spiro atoms. The van der Waals surface area contributed by atoms with E-state index in [-0.39, 0.29) is 6.10 Å². The highest BCUT2D eigenvalue weighted by molar-refractivity contribution is 7.13. The normalized spacial score (nSPS) is 12.5. The van der Waals surface area contributed by atoms with Crippen molar-refractivity contribution in [3.8, 4) is 22.3 Å². The summed E-state index contributed by atoms with van der Waals surface area (Å²) in [5.41, 5.74) is 0.812. The van der Waals surface area contributed by atoms with Gasteiger partial charge in [-0.1, -0.05) is 12.1 Å². The van der Waals surface area contributed by atoms with Gasteiger partial charge in [-0.05, 0) is 30.5 Å². The molecule has 0 bridgehead atoms. The van der Waals surface area contributed by atoms with Gasteiger partial charge in [0.15, 0.2) is 5.96 Å². The third-order valence-corrected chi connectivity index (χ3v) is 4.74. The number of rotatable bonds is 8. The summed E-state index contributed by atoms with van der Waals surface area (Å²) in [6.07, 6.45) is 1.60. The van der Waals surface area contributed by atoms with E-state index in [4.69, 9.17) is 13.9 Å². The van der Waals surface area contributed by atoms with Gasteiger partial charge in [-0.25, -0.2) is 4.98 Å². The first-order valence-corrected chi connectivity index (χ1v) is 9.79. The van der Waals surface area contributed by atoms with E-state index in [9.17, 15) is 0 Å². The van der Waals surface area contributed by atoms with Crippen molar-refractivity contribution in [1.82, 2.24) is 15.6 Å². The number of aromatic nitrogens is 1. The molecule has 1 atom stereocenters. The van der Waals surface area contributed by atoms with E-state index < -0.39 is 0 Å². The molecule has 2 N–H and O–H groups in total. The molecule has 2 heterocycles.